The molecule has 5 rings (SSSR count). The molecule has 5 heterocycles. The van der Waals surface area contributed by atoms with Gasteiger partial charge in [-0.2, -0.15) is 5.10 Å². The largest absolute Gasteiger partial charge is 0.317 e. The lowest BCUT2D eigenvalue weighted by Crippen LogP contribution is -2.29. The fraction of sp³-hybridized carbons (Fsp3) is 0.300. The zero-order valence-corrected chi connectivity index (χ0v) is 16.5. The second-order valence-electron chi connectivity index (χ2n) is 7.41. The highest BCUT2D eigenvalue weighted by atomic mass is 16.2. The molecule has 1 fully saturated rings. The molecule has 0 radical (unpaired) electrons. The van der Waals surface area contributed by atoms with E-state index in [0.29, 0.717) is 5.82 Å². The Balaban J connectivity index is 1.35. The van der Waals surface area contributed by atoms with Gasteiger partial charge in [-0.25, -0.2) is 9.67 Å². The van der Waals surface area contributed by atoms with Crippen LogP contribution in [-0.2, 0) is 7.05 Å². The molecule has 1 amide bonds. The van der Waals surface area contributed by atoms with Gasteiger partial charge in [0.25, 0.3) is 5.91 Å². The number of aryl methyl sites for hydroxylation is 1. The van der Waals surface area contributed by atoms with E-state index in [-0.39, 0.29) is 17.6 Å². The third-order valence-electron chi connectivity index (χ3n) is 5.27. The summed E-state index contributed by atoms with van der Waals surface area (Å²) in [6.07, 6.45) is 10.8. The standard InChI is InChI=1S/C20H21N9O/c1-28-11-15(10-24-28)17-6-13-7-19(23-9-14(13)8-22-17)25-20(30)18-12-29(27-26-18)16-2-4-21-5-3-16/h6-12,16,21H,2-5H2,1H3,(H,23,25,30). The predicted octanol–water partition coefficient (Wildman–Crippen LogP) is 1.80. The highest BCUT2D eigenvalue weighted by Crippen LogP contribution is 2.23. The van der Waals surface area contributed by atoms with Gasteiger partial charge in [-0.05, 0) is 43.5 Å². The molecule has 10 nitrogen and oxygen atoms in total. The number of piperidine rings is 1. The number of rotatable bonds is 4. The van der Waals surface area contributed by atoms with E-state index in [2.05, 4.69) is 36.0 Å². The van der Waals surface area contributed by atoms with Crippen LogP contribution in [0, 0.1) is 0 Å². The fourth-order valence-corrected chi connectivity index (χ4v) is 3.63. The number of carbonyl (C=O) groups is 1. The summed E-state index contributed by atoms with van der Waals surface area (Å²) in [5.41, 5.74) is 2.02. The first-order valence-electron chi connectivity index (χ1n) is 9.84. The average Bonchev–Trinajstić information content (AvgIpc) is 3.43. The molecule has 0 saturated carbocycles. The SMILES string of the molecule is Cn1cc(-c2cc3cc(NC(=O)c4cn(C5CCNCC5)nn4)ncc3cn2)cn1. The molecule has 1 aliphatic rings. The first-order valence-corrected chi connectivity index (χ1v) is 9.84. The van der Waals surface area contributed by atoms with Gasteiger partial charge >= 0.3 is 0 Å². The second kappa shape index (κ2) is 7.64. The molecular weight excluding hydrogens is 382 g/mol. The monoisotopic (exact) mass is 403 g/mol. The number of amides is 1. The van der Waals surface area contributed by atoms with Crippen molar-refractivity contribution in [2.24, 2.45) is 7.05 Å². The number of pyridine rings is 2. The smallest absolute Gasteiger partial charge is 0.278 e. The third-order valence-corrected chi connectivity index (χ3v) is 5.27. The van der Waals surface area contributed by atoms with E-state index in [1.165, 1.54) is 0 Å². The Bertz CT molecular complexity index is 1210. The molecule has 10 heteroatoms. The Morgan fingerprint density at radius 2 is 1.93 bits per heavy atom. The van der Waals surface area contributed by atoms with E-state index in [9.17, 15) is 4.79 Å². The zero-order chi connectivity index (χ0) is 20.5. The van der Waals surface area contributed by atoms with Crippen LogP contribution in [0.4, 0.5) is 5.82 Å². The summed E-state index contributed by atoms with van der Waals surface area (Å²) in [4.78, 5) is 21.4. The summed E-state index contributed by atoms with van der Waals surface area (Å²) in [7, 11) is 1.86. The normalized spacial score (nSPS) is 14.8. The van der Waals surface area contributed by atoms with Crippen LogP contribution in [0.1, 0.15) is 29.4 Å². The van der Waals surface area contributed by atoms with Crippen LogP contribution in [0.2, 0.25) is 0 Å². The van der Waals surface area contributed by atoms with Gasteiger partial charge in [-0.1, -0.05) is 5.21 Å². The van der Waals surface area contributed by atoms with Crippen molar-refractivity contribution in [3.8, 4) is 11.3 Å². The number of nitrogens with zero attached hydrogens (tertiary/aromatic N) is 7. The molecule has 0 bridgehead atoms. The van der Waals surface area contributed by atoms with Crippen LogP contribution in [0.3, 0.4) is 0 Å². The van der Waals surface area contributed by atoms with Crippen LogP contribution >= 0.6 is 0 Å². The lowest BCUT2D eigenvalue weighted by Gasteiger charge is -2.22. The molecule has 4 aromatic heterocycles. The van der Waals surface area contributed by atoms with Crippen molar-refractivity contribution >= 4 is 22.5 Å². The highest BCUT2D eigenvalue weighted by molar-refractivity contribution is 6.03. The quantitative estimate of drug-likeness (QED) is 0.534. The fourth-order valence-electron chi connectivity index (χ4n) is 3.63. The van der Waals surface area contributed by atoms with Crippen molar-refractivity contribution in [3.05, 3.63) is 48.8 Å². The number of nitrogens with one attached hydrogen (secondary N) is 2. The van der Waals surface area contributed by atoms with Crippen molar-refractivity contribution in [2.45, 2.75) is 18.9 Å². The summed E-state index contributed by atoms with van der Waals surface area (Å²) in [5, 5.41) is 20.3. The van der Waals surface area contributed by atoms with Crippen LogP contribution in [0.25, 0.3) is 22.0 Å². The van der Waals surface area contributed by atoms with Gasteiger partial charge in [0.1, 0.15) is 5.82 Å². The third kappa shape index (κ3) is 3.64. The molecule has 30 heavy (non-hydrogen) atoms. The lowest BCUT2D eigenvalue weighted by atomic mass is 10.1. The van der Waals surface area contributed by atoms with Crippen molar-refractivity contribution < 1.29 is 4.79 Å². The van der Waals surface area contributed by atoms with E-state index in [1.807, 2.05) is 25.4 Å². The lowest BCUT2D eigenvalue weighted by molar-refractivity contribution is 0.102. The van der Waals surface area contributed by atoms with Gasteiger partial charge in [0, 0.05) is 36.6 Å². The molecule has 4 aromatic rings. The Kier molecular flexibility index (Phi) is 4.68. The summed E-state index contributed by atoms with van der Waals surface area (Å²) in [6, 6.07) is 4.06. The number of hydrogen-bond acceptors (Lipinski definition) is 7. The van der Waals surface area contributed by atoms with Crippen LogP contribution < -0.4 is 10.6 Å². The van der Waals surface area contributed by atoms with Crippen LogP contribution in [-0.4, -0.2) is 53.7 Å². The Morgan fingerprint density at radius 1 is 1.10 bits per heavy atom. The van der Waals surface area contributed by atoms with Gasteiger partial charge in [-0.3, -0.25) is 14.5 Å². The van der Waals surface area contributed by atoms with Crippen LogP contribution in [0.15, 0.2) is 43.1 Å². The number of anilines is 1. The van der Waals surface area contributed by atoms with Gasteiger partial charge < -0.3 is 10.6 Å². The topological polar surface area (TPSA) is 115 Å². The second-order valence-corrected chi connectivity index (χ2v) is 7.41. The molecule has 152 valence electrons. The van der Waals surface area contributed by atoms with Gasteiger partial charge in [0.2, 0.25) is 0 Å². The minimum Gasteiger partial charge on any atom is -0.317 e. The van der Waals surface area contributed by atoms with Gasteiger partial charge in [-0.15, -0.1) is 5.10 Å². The molecule has 0 atom stereocenters. The first kappa shape index (κ1) is 18.4. The van der Waals surface area contributed by atoms with Crippen LogP contribution in [0.5, 0.6) is 0 Å². The van der Waals surface area contributed by atoms with E-state index in [0.717, 1.165) is 48.0 Å². The maximum atomic E-state index is 12.6. The number of aromatic nitrogens is 7. The number of fused-ring (bicyclic) bond motifs is 1. The summed E-state index contributed by atoms with van der Waals surface area (Å²) >= 11 is 0. The average molecular weight is 403 g/mol. The summed E-state index contributed by atoms with van der Waals surface area (Å²) in [5.74, 6) is 0.121. The zero-order valence-electron chi connectivity index (χ0n) is 16.5. The van der Waals surface area contributed by atoms with Crippen molar-refractivity contribution in [2.75, 3.05) is 18.4 Å². The number of carbonyl (C=O) groups excluding carboxylic acids is 1. The molecular formula is C20H21N9O. The van der Waals surface area contributed by atoms with E-state index in [4.69, 9.17) is 0 Å². The molecule has 1 saturated heterocycles. The van der Waals surface area contributed by atoms with Gasteiger partial charge in [0.05, 0.1) is 24.1 Å². The minimum atomic E-state index is -0.330. The summed E-state index contributed by atoms with van der Waals surface area (Å²) < 4.78 is 3.52. The summed E-state index contributed by atoms with van der Waals surface area (Å²) in [6.45, 7) is 1.89. The Labute approximate surface area is 172 Å². The van der Waals surface area contributed by atoms with Crippen molar-refractivity contribution in [3.63, 3.8) is 0 Å². The molecule has 0 aromatic carbocycles. The van der Waals surface area contributed by atoms with E-state index in [1.54, 1.807) is 34.2 Å². The Hall–Kier alpha value is -3.66. The molecule has 2 N–H and O–H groups in total. The minimum absolute atomic E-state index is 0.275. The maximum Gasteiger partial charge on any atom is 0.278 e. The number of hydrogen-bond donors (Lipinski definition) is 2. The molecule has 1 aliphatic heterocycles. The van der Waals surface area contributed by atoms with Crippen molar-refractivity contribution in [1.82, 2.24) is 40.1 Å². The predicted molar refractivity (Wildman–Crippen MR) is 111 cm³/mol. The van der Waals surface area contributed by atoms with E-state index >= 15 is 0 Å². The Morgan fingerprint density at radius 3 is 2.73 bits per heavy atom. The molecule has 0 spiro atoms. The maximum absolute atomic E-state index is 12.6. The van der Waals surface area contributed by atoms with Crippen molar-refractivity contribution in [1.29, 1.82) is 0 Å². The van der Waals surface area contributed by atoms with Gasteiger partial charge in [0.15, 0.2) is 5.69 Å². The first-order chi connectivity index (χ1) is 14.7. The molecule has 0 unspecified atom stereocenters. The highest BCUT2D eigenvalue weighted by Gasteiger charge is 2.19. The molecule has 0 aliphatic carbocycles. The van der Waals surface area contributed by atoms with E-state index < -0.39 is 0 Å².